The number of rotatable bonds is 5. The largest absolute Gasteiger partial charge is 0.462 e. The monoisotopic (exact) mass is 219 g/mol. The lowest BCUT2D eigenvalue weighted by Gasteiger charge is -2.11. The highest BCUT2D eigenvalue weighted by Crippen LogP contribution is 2.21. The van der Waals surface area contributed by atoms with Crippen molar-refractivity contribution < 1.29 is 4.42 Å². The Labute approximate surface area is 97.7 Å². The van der Waals surface area contributed by atoms with Crippen LogP contribution in [0.2, 0.25) is 0 Å². The van der Waals surface area contributed by atoms with Gasteiger partial charge in [-0.25, -0.2) is 0 Å². The second kappa shape index (κ2) is 4.88. The van der Waals surface area contributed by atoms with Crippen LogP contribution in [0.5, 0.6) is 0 Å². The first-order chi connectivity index (χ1) is 7.65. The van der Waals surface area contributed by atoms with Crippen molar-refractivity contribution in [2.75, 3.05) is 6.54 Å². The minimum absolute atomic E-state index is 0.566. The van der Waals surface area contributed by atoms with E-state index in [9.17, 15) is 0 Å². The quantitative estimate of drug-likeness (QED) is 0.821. The summed E-state index contributed by atoms with van der Waals surface area (Å²) in [5.41, 5.74) is 1.42. The molecule has 0 amide bonds. The molecule has 0 saturated heterocycles. The molecule has 1 fully saturated rings. The number of hydrogen-bond donors (Lipinski definition) is 1. The molecule has 1 heterocycles. The molecule has 0 aliphatic heterocycles. The predicted octanol–water partition coefficient (Wildman–Crippen LogP) is 3.38. The van der Waals surface area contributed by atoms with E-state index in [4.69, 9.17) is 4.42 Å². The summed E-state index contributed by atoms with van der Waals surface area (Å²) in [5.74, 6) is 2.51. The molecule has 16 heavy (non-hydrogen) atoms. The first kappa shape index (κ1) is 11.5. The van der Waals surface area contributed by atoms with Crippen LogP contribution in [-0.4, -0.2) is 12.6 Å². The van der Waals surface area contributed by atoms with Gasteiger partial charge in [-0.2, -0.15) is 0 Å². The maximum Gasteiger partial charge on any atom is 0.127 e. The Morgan fingerprint density at radius 2 is 2.25 bits per heavy atom. The molecule has 2 rings (SSSR count). The third kappa shape index (κ3) is 3.24. The Bertz CT molecular complexity index is 372. The van der Waals surface area contributed by atoms with Gasteiger partial charge in [0.15, 0.2) is 0 Å². The second-order valence-electron chi connectivity index (χ2n) is 4.98. The summed E-state index contributed by atoms with van der Waals surface area (Å²) in [6.45, 7) is 7.43. The molecule has 1 aliphatic rings. The summed E-state index contributed by atoms with van der Waals surface area (Å²) in [6.07, 6.45) is 4.85. The summed E-state index contributed by atoms with van der Waals surface area (Å²) >= 11 is 0. The normalized spacial score (nSPS) is 17.1. The third-order valence-electron chi connectivity index (χ3n) is 3.00. The van der Waals surface area contributed by atoms with Gasteiger partial charge in [0.25, 0.3) is 0 Å². The van der Waals surface area contributed by atoms with Gasteiger partial charge in [0, 0.05) is 12.6 Å². The molecule has 0 unspecified atom stereocenters. The fraction of sp³-hybridized carbons (Fsp3) is 0.571. The Kier molecular flexibility index (Phi) is 3.49. The highest BCUT2D eigenvalue weighted by Gasteiger charge is 2.20. The van der Waals surface area contributed by atoms with Crippen LogP contribution in [0, 0.1) is 12.8 Å². The average molecular weight is 219 g/mol. The molecule has 1 N–H and O–H groups in total. The smallest absolute Gasteiger partial charge is 0.127 e. The molecule has 1 saturated carbocycles. The lowest BCUT2D eigenvalue weighted by Crippen LogP contribution is -2.21. The molecule has 1 aromatic rings. The van der Waals surface area contributed by atoms with Crippen LogP contribution in [0.4, 0.5) is 0 Å². The number of nitrogens with one attached hydrogen (secondary N) is 1. The van der Waals surface area contributed by atoms with Crippen LogP contribution in [0.15, 0.2) is 22.1 Å². The molecular formula is C14H21NO. The van der Waals surface area contributed by atoms with Crippen molar-refractivity contribution in [1.82, 2.24) is 5.32 Å². The van der Waals surface area contributed by atoms with E-state index in [0.717, 1.165) is 24.1 Å². The van der Waals surface area contributed by atoms with E-state index < -0.39 is 0 Å². The Morgan fingerprint density at radius 1 is 1.50 bits per heavy atom. The van der Waals surface area contributed by atoms with Crippen molar-refractivity contribution >= 4 is 6.08 Å². The van der Waals surface area contributed by atoms with Gasteiger partial charge in [-0.15, -0.1) is 0 Å². The molecule has 0 radical (unpaired) electrons. The van der Waals surface area contributed by atoms with Crippen LogP contribution in [-0.2, 0) is 0 Å². The number of furan rings is 1. The van der Waals surface area contributed by atoms with Crippen molar-refractivity contribution in [3.05, 3.63) is 29.2 Å². The molecule has 0 atom stereocenters. The van der Waals surface area contributed by atoms with E-state index in [1.165, 1.54) is 18.4 Å². The zero-order valence-electron chi connectivity index (χ0n) is 10.4. The van der Waals surface area contributed by atoms with E-state index in [1.807, 2.05) is 19.1 Å². The van der Waals surface area contributed by atoms with Crippen LogP contribution in [0.3, 0.4) is 0 Å². The van der Waals surface area contributed by atoms with Crippen molar-refractivity contribution in [2.45, 2.75) is 39.7 Å². The van der Waals surface area contributed by atoms with Crippen molar-refractivity contribution in [3.63, 3.8) is 0 Å². The van der Waals surface area contributed by atoms with Gasteiger partial charge in [-0.3, -0.25) is 0 Å². The average Bonchev–Trinajstić information content (AvgIpc) is 2.96. The van der Waals surface area contributed by atoms with Gasteiger partial charge in [-0.05, 0) is 43.9 Å². The highest BCUT2D eigenvalue weighted by atomic mass is 16.3. The molecule has 0 bridgehead atoms. The van der Waals surface area contributed by atoms with E-state index >= 15 is 0 Å². The van der Waals surface area contributed by atoms with Gasteiger partial charge in [0.1, 0.15) is 11.5 Å². The van der Waals surface area contributed by atoms with Crippen LogP contribution < -0.4 is 5.32 Å². The molecule has 0 spiro atoms. The van der Waals surface area contributed by atoms with E-state index in [2.05, 4.69) is 25.2 Å². The summed E-state index contributed by atoms with van der Waals surface area (Å²) in [7, 11) is 0. The molecular weight excluding hydrogens is 198 g/mol. The minimum atomic E-state index is 0.566. The van der Waals surface area contributed by atoms with Crippen molar-refractivity contribution in [1.29, 1.82) is 0 Å². The molecule has 2 nitrogen and oxygen atoms in total. The number of hydrogen-bond acceptors (Lipinski definition) is 2. The highest BCUT2D eigenvalue weighted by molar-refractivity contribution is 5.48. The summed E-state index contributed by atoms with van der Waals surface area (Å²) in [6, 6.07) is 4.81. The molecule has 1 aliphatic carbocycles. The van der Waals surface area contributed by atoms with Gasteiger partial charge in [0.05, 0.1) is 0 Å². The predicted molar refractivity (Wildman–Crippen MR) is 67.3 cm³/mol. The summed E-state index contributed by atoms with van der Waals surface area (Å²) in [5, 5.41) is 3.56. The molecule has 1 aromatic heterocycles. The first-order valence-corrected chi connectivity index (χ1v) is 6.15. The minimum Gasteiger partial charge on any atom is -0.462 e. The third-order valence-corrected chi connectivity index (χ3v) is 3.00. The maximum atomic E-state index is 5.58. The molecule has 2 heteroatoms. The Morgan fingerprint density at radius 3 is 2.75 bits per heavy atom. The topological polar surface area (TPSA) is 25.2 Å². The maximum absolute atomic E-state index is 5.58. The Balaban J connectivity index is 2.01. The van der Waals surface area contributed by atoms with Crippen LogP contribution in [0.25, 0.3) is 6.08 Å². The van der Waals surface area contributed by atoms with Crippen LogP contribution >= 0.6 is 0 Å². The molecule has 0 aromatic carbocycles. The second-order valence-corrected chi connectivity index (χ2v) is 4.98. The van der Waals surface area contributed by atoms with Gasteiger partial charge in [0.2, 0.25) is 0 Å². The lowest BCUT2D eigenvalue weighted by molar-refractivity contribution is 0.523. The molecule has 88 valence electrons. The number of aryl methyl sites for hydroxylation is 1. The van der Waals surface area contributed by atoms with E-state index in [-0.39, 0.29) is 0 Å². The van der Waals surface area contributed by atoms with Crippen LogP contribution in [0.1, 0.15) is 38.2 Å². The van der Waals surface area contributed by atoms with Gasteiger partial charge in [-0.1, -0.05) is 19.4 Å². The van der Waals surface area contributed by atoms with Crippen molar-refractivity contribution in [3.8, 4) is 0 Å². The fourth-order valence-electron chi connectivity index (χ4n) is 1.69. The first-order valence-electron chi connectivity index (χ1n) is 6.15. The zero-order valence-corrected chi connectivity index (χ0v) is 10.4. The van der Waals surface area contributed by atoms with Gasteiger partial charge >= 0.3 is 0 Å². The van der Waals surface area contributed by atoms with E-state index in [1.54, 1.807) is 0 Å². The van der Waals surface area contributed by atoms with E-state index in [0.29, 0.717) is 5.92 Å². The SMILES string of the molecule is Cc1ccc(C=C(CNC2CC2)C(C)C)o1. The Hall–Kier alpha value is -1.02. The zero-order chi connectivity index (χ0) is 11.5. The summed E-state index contributed by atoms with van der Waals surface area (Å²) in [4.78, 5) is 0. The standard InChI is InChI=1S/C14H21NO/c1-10(2)12(9-15-13-5-6-13)8-14-7-4-11(3)16-14/h4,7-8,10,13,15H,5-6,9H2,1-3H3. The lowest BCUT2D eigenvalue weighted by atomic mass is 10.0. The summed E-state index contributed by atoms with van der Waals surface area (Å²) < 4.78 is 5.58. The van der Waals surface area contributed by atoms with Crippen molar-refractivity contribution in [2.24, 2.45) is 5.92 Å². The van der Waals surface area contributed by atoms with Gasteiger partial charge < -0.3 is 9.73 Å². The fourth-order valence-corrected chi connectivity index (χ4v) is 1.69.